The highest BCUT2D eigenvalue weighted by Crippen LogP contribution is 2.27. The number of nitrogens with zero attached hydrogens (tertiary/aromatic N) is 2. The predicted octanol–water partition coefficient (Wildman–Crippen LogP) is 4.25. The van der Waals surface area contributed by atoms with Crippen molar-refractivity contribution in [1.82, 2.24) is 9.88 Å². The van der Waals surface area contributed by atoms with Crippen molar-refractivity contribution in [2.24, 2.45) is 0 Å². The molecule has 0 atom stereocenters. The Hall–Kier alpha value is -1.23. The maximum Gasteiger partial charge on any atom is 0.123 e. The van der Waals surface area contributed by atoms with E-state index in [0.29, 0.717) is 6.04 Å². The van der Waals surface area contributed by atoms with E-state index in [1.54, 1.807) is 11.3 Å². The Labute approximate surface area is 143 Å². The van der Waals surface area contributed by atoms with Gasteiger partial charge in [-0.05, 0) is 19.8 Å². The molecule has 1 aromatic carbocycles. The number of benzene rings is 1. The van der Waals surface area contributed by atoms with Gasteiger partial charge in [-0.15, -0.1) is 11.3 Å². The number of thiazole rings is 1. The van der Waals surface area contributed by atoms with E-state index in [4.69, 9.17) is 4.98 Å². The molecule has 0 unspecified atom stereocenters. The highest BCUT2D eigenvalue weighted by molar-refractivity contribution is 7.13. The molecule has 124 valence electrons. The maximum atomic E-state index is 9.40. The van der Waals surface area contributed by atoms with Crippen molar-refractivity contribution < 1.29 is 5.11 Å². The lowest BCUT2D eigenvalue weighted by Gasteiger charge is -2.33. The minimum Gasteiger partial charge on any atom is -0.395 e. The van der Waals surface area contributed by atoms with Gasteiger partial charge in [0, 0.05) is 30.1 Å². The van der Waals surface area contributed by atoms with Crippen molar-refractivity contribution in [3.05, 3.63) is 40.9 Å². The quantitative estimate of drug-likeness (QED) is 0.860. The molecule has 1 aliphatic carbocycles. The van der Waals surface area contributed by atoms with Crippen LogP contribution in [0.1, 0.15) is 43.4 Å². The van der Waals surface area contributed by atoms with E-state index in [1.165, 1.54) is 43.2 Å². The number of rotatable bonds is 6. The summed E-state index contributed by atoms with van der Waals surface area (Å²) >= 11 is 1.71. The fourth-order valence-electron chi connectivity index (χ4n) is 3.38. The summed E-state index contributed by atoms with van der Waals surface area (Å²) in [4.78, 5) is 7.25. The molecular formula is C19H26N2OS. The molecule has 1 aromatic heterocycles. The number of aliphatic hydroxyl groups excluding tert-OH is 1. The first-order valence-corrected chi connectivity index (χ1v) is 9.50. The lowest BCUT2D eigenvalue weighted by Crippen LogP contribution is -2.38. The Morgan fingerprint density at radius 2 is 1.91 bits per heavy atom. The van der Waals surface area contributed by atoms with Crippen LogP contribution in [-0.2, 0) is 6.54 Å². The van der Waals surface area contributed by atoms with E-state index in [9.17, 15) is 5.11 Å². The van der Waals surface area contributed by atoms with Gasteiger partial charge in [0.2, 0.25) is 0 Å². The van der Waals surface area contributed by atoms with Crippen LogP contribution in [0.3, 0.4) is 0 Å². The van der Waals surface area contributed by atoms with Crippen LogP contribution in [0.5, 0.6) is 0 Å². The zero-order valence-electron chi connectivity index (χ0n) is 13.9. The summed E-state index contributed by atoms with van der Waals surface area (Å²) in [6, 6.07) is 9.17. The Bertz CT molecular complexity index is 602. The lowest BCUT2D eigenvalue weighted by molar-refractivity contribution is 0.116. The van der Waals surface area contributed by atoms with Gasteiger partial charge >= 0.3 is 0 Å². The van der Waals surface area contributed by atoms with Crippen molar-refractivity contribution in [2.75, 3.05) is 13.2 Å². The SMILES string of the molecule is Cc1ccc(-c2nc(CN(CCO)C3CCCCC3)cs2)cc1. The minimum absolute atomic E-state index is 0.228. The molecule has 1 aliphatic rings. The largest absolute Gasteiger partial charge is 0.395 e. The molecule has 1 N–H and O–H groups in total. The van der Waals surface area contributed by atoms with Gasteiger partial charge in [0.15, 0.2) is 0 Å². The minimum atomic E-state index is 0.228. The Morgan fingerprint density at radius 1 is 1.17 bits per heavy atom. The Kier molecular flexibility index (Phi) is 5.81. The summed E-state index contributed by atoms with van der Waals surface area (Å²) in [5.41, 5.74) is 3.60. The molecule has 23 heavy (non-hydrogen) atoms. The van der Waals surface area contributed by atoms with Crippen molar-refractivity contribution >= 4 is 11.3 Å². The first kappa shape index (κ1) is 16.6. The summed E-state index contributed by atoms with van der Waals surface area (Å²) in [5.74, 6) is 0. The molecule has 3 rings (SSSR count). The van der Waals surface area contributed by atoms with Crippen LogP contribution in [0, 0.1) is 6.92 Å². The summed E-state index contributed by atoms with van der Waals surface area (Å²) in [7, 11) is 0. The Morgan fingerprint density at radius 3 is 2.61 bits per heavy atom. The van der Waals surface area contributed by atoms with Gasteiger partial charge in [-0.2, -0.15) is 0 Å². The maximum absolute atomic E-state index is 9.40. The van der Waals surface area contributed by atoms with Crippen LogP contribution in [0.15, 0.2) is 29.6 Å². The van der Waals surface area contributed by atoms with Crippen molar-refractivity contribution in [3.63, 3.8) is 0 Å². The normalized spacial score (nSPS) is 16.1. The number of hydrogen-bond acceptors (Lipinski definition) is 4. The molecule has 4 heteroatoms. The van der Waals surface area contributed by atoms with Crippen LogP contribution in [-0.4, -0.2) is 34.2 Å². The molecule has 1 heterocycles. The van der Waals surface area contributed by atoms with E-state index in [1.807, 2.05) is 0 Å². The molecule has 0 aliphatic heterocycles. The van der Waals surface area contributed by atoms with Gasteiger partial charge in [0.25, 0.3) is 0 Å². The van der Waals surface area contributed by atoms with Crippen LogP contribution in [0.25, 0.3) is 10.6 Å². The van der Waals surface area contributed by atoms with Gasteiger partial charge < -0.3 is 5.11 Å². The van der Waals surface area contributed by atoms with Gasteiger partial charge in [0.1, 0.15) is 5.01 Å². The first-order valence-electron chi connectivity index (χ1n) is 8.62. The standard InChI is InChI=1S/C19H26N2OS/c1-15-7-9-16(10-8-15)19-20-17(14-23-19)13-21(11-12-22)18-5-3-2-4-6-18/h7-10,14,18,22H,2-6,11-13H2,1H3. The molecule has 1 fully saturated rings. The van der Waals surface area contributed by atoms with E-state index in [2.05, 4.69) is 41.5 Å². The van der Waals surface area contributed by atoms with E-state index in [-0.39, 0.29) is 6.61 Å². The molecule has 2 aromatic rings. The second-order valence-electron chi connectivity index (χ2n) is 6.50. The van der Waals surface area contributed by atoms with E-state index >= 15 is 0 Å². The number of hydrogen-bond donors (Lipinski definition) is 1. The molecule has 0 bridgehead atoms. The third-order valence-electron chi connectivity index (χ3n) is 4.69. The lowest BCUT2D eigenvalue weighted by atomic mass is 9.94. The van der Waals surface area contributed by atoms with Gasteiger partial charge in [-0.3, -0.25) is 4.90 Å². The molecule has 0 saturated heterocycles. The predicted molar refractivity (Wildman–Crippen MR) is 96.7 cm³/mol. The van der Waals surface area contributed by atoms with Gasteiger partial charge in [0.05, 0.1) is 12.3 Å². The first-order chi connectivity index (χ1) is 11.3. The third-order valence-corrected chi connectivity index (χ3v) is 5.63. The van der Waals surface area contributed by atoms with Crippen molar-refractivity contribution in [1.29, 1.82) is 0 Å². The second-order valence-corrected chi connectivity index (χ2v) is 7.35. The molecule has 1 saturated carbocycles. The average molecular weight is 330 g/mol. The highest BCUT2D eigenvalue weighted by Gasteiger charge is 2.21. The summed E-state index contributed by atoms with van der Waals surface area (Å²) in [6.45, 7) is 3.94. The zero-order chi connectivity index (χ0) is 16.1. The van der Waals surface area contributed by atoms with Crippen LogP contribution in [0.4, 0.5) is 0 Å². The fraction of sp³-hybridized carbons (Fsp3) is 0.526. The monoisotopic (exact) mass is 330 g/mol. The van der Waals surface area contributed by atoms with Crippen LogP contribution >= 0.6 is 11.3 Å². The van der Waals surface area contributed by atoms with Crippen LogP contribution < -0.4 is 0 Å². The molecule has 0 radical (unpaired) electrons. The highest BCUT2D eigenvalue weighted by atomic mass is 32.1. The number of aliphatic hydroxyl groups is 1. The van der Waals surface area contributed by atoms with E-state index < -0.39 is 0 Å². The van der Waals surface area contributed by atoms with Gasteiger partial charge in [-0.1, -0.05) is 49.1 Å². The smallest absolute Gasteiger partial charge is 0.123 e. The van der Waals surface area contributed by atoms with Crippen LogP contribution in [0.2, 0.25) is 0 Å². The molecular weight excluding hydrogens is 304 g/mol. The van der Waals surface area contributed by atoms with E-state index in [0.717, 1.165) is 23.8 Å². The molecule has 0 spiro atoms. The third kappa shape index (κ3) is 4.40. The molecule has 0 amide bonds. The summed E-state index contributed by atoms with van der Waals surface area (Å²) in [6.07, 6.45) is 6.51. The zero-order valence-corrected chi connectivity index (χ0v) is 14.7. The Balaban J connectivity index is 1.69. The fourth-order valence-corrected chi connectivity index (χ4v) is 4.20. The summed E-state index contributed by atoms with van der Waals surface area (Å²) in [5, 5.41) is 12.7. The number of aromatic nitrogens is 1. The average Bonchev–Trinajstić information content (AvgIpc) is 3.04. The molecule has 3 nitrogen and oxygen atoms in total. The second kappa shape index (κ2) is 8.04. The topological polar surface area (TPSA) is 36.4 Å². The number of aryl methyl sites for hydroxylation is 1. The van der Waals surface area contributed by atoms with Crippen molar-refractivity contribution in [3.8, 4) is 10.6 Å². The van der Waals surface area contributed by atoms with Gasteiger partial charge in [-0.25, -0.2) is 4.98 Å². The summed E-state index contributed by atoms with van der Waals surface area (Å²) < 4.78 is 0. The van der Waals surface area contributed by atoms with Crippen molar-refractivity contribution in [2.45, 2.75) is 51.6 Å².